The Morgan fingerprint density at radius 2 is 1.32 bits per heavy atom. The summed E-state index contributed by atoms with van der Waals surface area (Å²) >= 11 is 0. The summed E-state index contributed by atoms with van der Waals surface area (Å²) < 4.78 is 11.7. The van der Waals surface area contributed by atoms with Gasteiger partial charge in [-0.2, -0.15) is 0 Å². The number of aliphatic carboxylic acids is 1. The maximum Gasteiger partial charge on any atom is 0.331 e. The SMILES string of the molecule is CCCCCCCCCCCCCC[C@H](C)[C@@H](OC(=O)[C@H](COCc1ccccc1)NC(=O)[C@@H](NC(=O)[C@@H](N)C(C)C)[C@@H](C)O)[C@@H](C)C(=O)O. The monoisotopic (exact) mass is 705 g/mol. The molecule has 0 heterocycles. The van der Waals surface area contributed by atoms with Crippen molar-refractivity contribution in [1.29, 1.82) is 0 Å². The van der Waals surface area contributed by atoms with E-state index in [2.05, 4.69) is 17.6 Å². The van der Waals surface area contributed by atoms with E-state index in [0.29, 0.717) is 6.42 Å². The largest absolute Gasteiger partial charge is 0.481 e. The Labute approximate surface area is 300 Å². The summed E-state index contributed by atoms with van der Waals surface area (Å²) in [5.74, 6) is -4.87. The summed E-state index contributed by atoms with van der Waals surface area (Å²) in [4.78, 5) is 51.8. The van der Waals surface area contributed by atoms with Crippen molar-refractivity contribution in [3.63, 3.8) is 0 Å². The summed E-state index contributed by atoms with van der Waals surface area (Å²) in [6, 6.07) is 5.60. The number of carboxylic acids is 1. The van der Waals surface area contributed by atoms with E-state index in [1.165, 1.54) is 71.6 Å². The fraction of sp³-hybridized carbons (Fsp3) is 0.744. The van der Waals surface area contributed by atoms with Crippen LogP contribution in [0.5, 0.6) is 0 Å². The Kier molecular flexibility index (Phi) is 23.3. The Morgan fingerprint density at radius 1 is 0.780 bits per heavy atom. The van der Waals surface area contributed by atoms with Gasteiger partial charge >= 0.3 is 11.9 Å². The molecule has 0 bridgehead atoms. The lowest BCUT2D eigenvalue weighted by Crippen LogP contribution is -2.59. The molecule has 0 fully saturated rings. The molecular formula is C39H67N3O8. The minimum atomic E-state index is -1.41. The van der Waals surface area contributed by atoms with Crippen LogP contribution in [-0.4, -0.2) is 70.9 Å². The number of amides is 2. The third kappa shape index (κ3) is 18.3. The highest BCUT2D eigenvalue weighted by Crippen LogP contribution is 2.24. The number of hydrogen-bond donors (Lipinski definition) is 5. The maximum absolute atomic E-state index is 13.7. The first-order valence-corrected chi connectivity index (χ1v) is 18.9. The fourth-order valence-electron chi connectivity index (χ4n) is 5.80. The lowest BCUT2D eigenvalue weighted by molar-refractivity contribution is -0.166. The van der Waals surface area contributed by atoms with Crippen molar-refractivity contribution in [2.24, 2.45) is 23.5 Å². The van der Waals surface area contributed by atoms with E-state index < -0.39 is 60.0 Å². The van der Waals surface area contributed by atoms with Crippen LogP contribution in [0.1, 0.15) is 131 Å². The van der Waals surface area contributed by atoms with Gasteiger partial charge in [0.1, 0.15) is 12.1 Å². The molecule has 1 aromatic rings. The van der Waals surface area contributed by atoms with Crippen molar-refractivity contribution in [3.05, 3.63) is 35.9 Å². The molecule has 0 aromatic heterocycles. The van der Waals surface area contributed by atoms with Crippen molar-refractivity contribution >= 4 is 23.8 Å². The van der Waals surface area contributed by atoms with Gasteiger partial charge in [-0.15, -0.1) is 0 Å². The predicted octanol–water partition coefficient (Wildman–Crippen LogP) is 5.90. The van der Waals surface area contributed by atoms with Gasteiger partial charge in [0.25, 0.3) is 0 Å². The highest BCUT2D eigenvalue weighted by Gasteiger charge is 2.36. The minimum absolute atomic E-state index is 0.143. The first-order valence-electron chi connectivity index (χ1n) is 18.9. The molecule has 50 heavy (non-hydrogen) atoms. The number of aliphatic hydroxyl groups excluding tert-OH is 1. The Balaban J connectivity index is 2.91. The molecule has 0 spiro atoms. The molecule has 11 nitrogen and oxygen atoms in total. The van der Waals surface area contributed by atoms with Crippen LogP contribution >= 0.6 is 0 Å². The van der Waals surface area contributed by atoms with Gasteiger partial charge in [0.15, 0.2) is 6.04 Å². The molecule has 0 aliphatic heterocycles. The Bertz CT molecular complexity index is 1100. The average molecular weight is 706 g/mol. The molecule has 0 saturated carbocycles. The first-order chi connectivity index (χ1) is 23.8. The van der Waals surface area contributed by atoms with E-state index >= 15 is 0 Å². The van der Waals surface area contributed by atoms with Gasteiger partial charge in [0.05, 0.1) is 31.3 Å². The summed E-state index contributed by atoms with van der Waals surface area (Å²) in [5.41, 5.74) is 6.78. The van der Waals surface area contributed by atoms with Crippen LogP contribution in [0.4, 0.5) is 0 Å². The Hall–Kier alpha value is -3.02. The molecule has 6 N–H and O–H groups in total. The molecule has 1 rings (SSSR count). The van der Waals surface area contributed by atoms with Gasteiger partial charge < -0.3 is 36.1 Å². The minimum Gasteiger partial charge on any atom is -0.481 e. The standard InChI is InChI=1S/C39H67N3O8/c1-7-8-9-10-11-12-13-14-15-16-17-19-22-28(4)35(29(5)38(46)47)50-39(48)32(26-49-25-31-23-20-18-21-24-31)41-37(45)34(30(6)43)42-36(44)33(40)27(2)3/h18,20-21,23-24,27-30,32-35,43H,7-17,19,22,25-26,40H2,1-6H3,(H,41,45)(H,42,44)(H,46,47)/t28-,29+,30+,32-,33-,34-,35+/m0/s1. The number of hydrogen-bond acceptors (Lipinski definition) is 8. The fourth-order valence-corrected chi connectivity index (χ4v) is 5.80. The molecule has 0 aliphatic carbocycles. The highest BCUT2D eigenvalue weighted by atomic mass is 16.6. The average Bonchev–Trinajstić information content (AvgIpc) is 3.08. The van der Waals surface area contributed by atoms with Crippen LogP contribution < -0.4 is 16.4 Å². The van der Waals surface area contributed by atoms with E-state index in [1.54, 1.807) is 13.8 Å². The zero-order valence-corrected chi connectivity index (χ0v) is 31.5. The van der Waals surface area contributed by atoms with E-state index in [0.717, 1.165) is 24.8 Å². The summed E-state index contributed by atoms with van der Waals surface area (Å²) in [5, 5.41) is 25.3. The van der Waals surface area contributed by atoms with Gasteiger partial charge in [-0.25, -0.2) is 4.79 Å². The van der Waals surface area contributed by atoms with Gasteiger partial charge in [-0.1, -0.05) is 135 Å². The third-order valence-electron chi connectivity index (χ3n) is 9.29. The number of rotatable bonds is 28. The van der Waals surface area contributed by atoms with Gasteiger partial charge in [-0.3, -0.25) is 14.4 Å². The van der Waals surface area contributed by atoms with Crippen molar-refractivity contribution < 1.29 is 38.9 Å². The van der Waals surface area contributed by atoms with E-state index in [-0.39, 0.29) is 25.0 Å². The molecule has 2 amide bonds. The smallest absolute Gasteiger partial charge is 0.331 e. The zero-order valence-electron chi connectivity index (χ0n) is 31.5. The summed E-state index contributed by atoms with van der Waals surface area (Å²) in [6.45, 7) is 10.3. The molecule has 0 saturated heterocycles. The molecular weight excluding hydrogens is 638 g/mol. The van der Waals surface area contributed by atoms with Gasteiger partial charge in [0, 0.05) is 0 Å². The Morgan fingerprint density at radius 3 is 1.82 bits per heavy atom. The molecule has 286 valence electrons. The highest BCUT2D eigenvalue weighted by molar-refractivity contribution is 5.92. The van der Waals surface area contributed by atoms with Crippen LogP contribution in [0.15, 0.2) is 30.3 Å². The second-order valence-electron chi connectivity index (χ2n) is 14.2. The van der Waals surface area contributed by atoms with Crippen LogP contribution in [-0.2, 0) is 35.3 Å². The number of unbranched alkanes of at least 4 members (excludes halogenated alkanes) is 11. The molecule has 7 atom stereocenters. The van der Waals surface area contributed by atoms with Crippen LogP contribution in [0, 0.1) is 17.8 Å². The number of benzene rings is 1. The summed E-state index contributed by atoms with van der Waals surface area (Å²) in [7, 11) is 0. The topological polar surface area (TPSA) is 177 Å². The van der Waals surface area contributed by atoms with Crippen molar-refractivity contribution in [3.8, 4) is 0 Å². The number of nitrogens with one attached hydrogen (secondary N) is 2. The molecule has 0 aliphatic rings. The second kappa shape index (κ2) is 25.9. The van der Waals surface area contributed by atoms with Crippen molar-refractivity contribution in [2.75, 3.05) is 6.61 Å². The van der Waals surface area contributed by atoms with E-state index in [4.69, 9.17) is 15.2 Å². The number of ether oxygens (including phenoxy) is 2. The lowest BCUT2D eigenvalue weighted by Gasteiger charge is -2.30. The van der Waals surface area contributed by atoms with Crippen LogP contribution in [0.3, 0.4) is 0 Å². The number of aliphatic hydroxyl groups is 1. The number of nitrogens with two attached hydrogens (primary N) is 1. The zero-order chi connectivity index (χ0) is 37.5. The number of carbonyl (C=O) groups excluding carboxylic acids is 3. The molecule has 0 unspecified atom stereocenters. The van der Waals surface area contributed by atoms with Crippen LogP contribution in [0.25, 0.3) is 0 Å². The van der Waals surface area contributed by atoms with E-state index in [1.807, 2.05) is 37.3 Å². The lowest BCUT2D eigenvalue weighted by atomic mass is 9.89. The first kappa shape index (κ1) is 45.0. The summed E-state index contributed by atoms with van der Waals surface area (Å²) in [6.07, 6.45) is 13.0. The number of carbonyl (C=O) groups is 4. The van der Waals surface area contributed by atoms with Gasteiger partial charge in [-0.05, 0) is 37.7 Å². The van der Waals surface area contributed by atoms with Crippen LogP contribution in [0.2, 0.25) is 0 Å². The predicted molar refractivity (Wildman–Crippen MR) is 196 cm³/mol. The molecule has 0 radical (unpaired) electrons. The van der Waals surface area contributed by atoms with Crippen molar-refractivity contribution in [2.45, 2.75) is 162 Å². The number of esters is 1. The molecule has 11 heteroatoms. The van der Waals surface area contributed by atoms with Gasteiger partial charge in [0.2, 0.25) is 11.8 Å². The van der Waals surface area contributed by atoms with Crippen molar-refractivity contribution in [1.82, 2.24) is 10.6 Å². The second-order valence-corrected chi connectivity index (χ2v) is 14.2. The quantitative estimate of drug-likeness (QED) is 0.0525. The maximum atomic E-state index is 13.7. The number of carboxylic acid groups (broad SMARTS) is 1. The molecule has 1 aromatic carbocycles. The van der Waals surface area contributed by atoms with E-state index in [9.17, 15) is 29.4 Å². The third-order valence-corrected chi connectivity index (χ3v) is 9.29. The normalized spacial score (nSPS) is 15.7.